The van der Waals surface area contributed by atoms with Gasteiger partial charge in [-0.3, -0.25) is 4.57 Å². The van der Waals surface area contributed by atoms with Gasteiger partial charge in [0.2, 0.25) is 0 Å². The zero-order valence-electron chi connectivity index (χ0n) is 17.4. The van der Waals surface area contributed by atoms with E-state index in [2.05, 4.69) is 6.07 Å². The minimum absolute atomic E-state index is 0.0688. The molecule has 14 heteroatoms. The fourth-order valence-electron chi connectivity index (χ4n) is 2.37. The molecule has 2 aromatic rings. The highest BCUT2D eigenvalue weighted by atomic mass is 32.2. The first-order chi connectivity index (χ1) is 14.2. The van der Waals surface area contributed by atoms with Crippen molar-refractivity contribution >= 4 is 31.9 Å². The first-order valence-corrected chi connectivity index (χ1v) is 11.6. The van der Waals surface area contributed by atoms with Crippen LogP contribution in [0, 0.1) is 11.3 Å². The summed E-state index contributed by atoms with van der Waals surface area (Å²) in [4.78, 5) is 0.382. The third-order valence-corrected chi connectivity index (χ3v) is 6.51. The van der Waals surface area contributed by atoms with Gasteiger partial charge in [0.25, 0.3) is 0 Å². The molecule has 0 aliphatic heterocycles. The van der Waals surface area contributed by atoms with Crippen LogP contribution >= 0.6 is 19.4 Å². The standard InChI is InChI=1S/C17H21N2O5PS.BF4/c1-10(2)23-25(20,24-11(3)4)15-16(26-5)12(9-18)14(22-17(15)19)13-7-6-8-21-13;2-1(3,4)5/h6-8,10-11,19H,1-5H3;/q;-1/p+1. The summed E-state index contributed by atoms with van der Waals surface area (Å²) in [5.74, 6) is 0.517. The van der Waals surface area contributed by atoms with Crippen LogP contribution in [0.1, 0.15) is 33.3 Å². The van der Waals surface area contributed by atoms with Crippen molar-refractivity contribution in [2.45, 2.75) is 44.8 Å². The SMILES string of the molecule is CSc1c(C#N)c(-c2ccco2)oc(=[NH2+])c1P(=O)(OC(C)C)OC(C)C.F[B-](F)(F)F. The van der Waals surface area contributed by atoms with E-state index in [9.17, 15) is 27.1 Å². The Morgan fingerprint density at radius 3 is 2.06 bits per heavy atom. The molecule has 2 aromatic heterocycles. The topological polar surface area (TPSA) is 111 Å². The Morgan fingerprint density at radius 2 is 1.71 bits per heavy atom. The molecule has 0 aliphatic carbocycles. The average molecular weight is 484 g/mol. The summed E-state index contributed by atoms with van der Waals surface area (Å²) in [5, 5.41) is 15.9. The van der Waals surface area contributed by atoms with Crippen molar-refractivity contribution in [2.24, 2.45) is 0 Å². The number of halogens is 4. The van der Waals surface area contributed by atoms with Gasteiger partial charge in [-0.15, -0.1) is 11.8 Å². The van der Waals surface area contributed by atoms with E-state index in [1.165, 1.54) is 18.0 Å². The molecule has 0 amide bonds. The first-order valence-electron chi connectivity index (χ1n) is 8.85. The zero-order chi connectivity index (χ0) is 24.0. The summed E-state index contributed by atoms with van der Waals surface area (Å²) >= 11 is 1.22. The van der Waals surface area contributed by atoms with Gasteiger partial charge in [-0.1, -0.05) is 0 Å². The van der Waals surface area contributed by atoms with Crippen LogP contribution in [0.4, 0.5) is 17.3 Å². The molecule has 2 N–H and O–H groups in total. The second kappa shape index (κ2) is 11.0. The average Bonchev–Trinajstić information content (AvgIpc) is 3.11. The molecule has 7 nitrogen and oxygen atoms in total. The predicted octanol–water partition coefficient (Wildman–Crippen LogP) is 3.76. The van der Waals surface area contributed by atoms with Crippen LogP contribution in [0.3, 0.4) is 0 Å². The Balaban J connectivity index is 0.000000861. The van der Waals surface area contributed by atoms with Crippen LogP contribution in [0.25, 0.3) is 11.5 Å². The summed E-state index contributed by atoms with van der Waals surface area (Å²) in [6, 6.07) is 5.41. The van der Waals surface area contributed by atoms with E-state index < -0.39 is 14.9 Å². The summed E-state index contributed by atoms with van der Waals surface area (Å²) in [5.41, 5.74) is 0.0287. The molecule has 0 fully saturated rings. The number of hydrogen-bond acceptors (Lipinski definition) is 7. The molecule has 0 saturated carbocycles. The first kappa shape index (κ1) is 27.0. The molecule has 2 rings (SSSR count). The van der Waals surface area contributed by atoms with E-state index in [0.717, 1.165) is 0 Å². The molecule has 0 spiro atoms. The number of nitrogens with zero attached hydrogens (tertiary/aromatic N) is 1. The van der Waals surface area contributed by atoms with Crippen LogP contribution in [0.2, 0.25) is 0 Å². The van der Waals surface area contributed by atoms with Gasteiger partial charge in [0, 0.05) is 0 Å². The van der Waals surface area contributed by atoms with Crippen molar-refractivity contribution in [3.05, 3.63) is 29.5 Å². The van der Waals surface area contributed by atoms with E-state index in [1.807, 2.05) is 0 Å². The van der Waals surface area contributed by atoms with Crippen molar-refractivity contribution in [1.82, 2.24) is 0 Å². The van der Waals surface area contributed by atoms with Crippen LogP contribution in [0.5, 0.6) is 0 Å². The molecule has 0 radical (unpaired) electrons. The maximum Gasteiger partial charge on any atom is 0.673 e. The normalized spacial score (nSPS) is 11.9. The van der Waals surface area contributed by atoms with Gasteiger partial charge < -0.3 is 35.1 Å². The van der Waals surface area contributed by atoms with Gasteiger partial charge in [0.1, 0.15) is 11.6 Å². The number of furan rings is 1. The van der Waals surface area contributed by atoms with Crippen LogP contribution in [-0.2, 0) is 13.6 Å². The van der Waals surface area contributed by atoms with Crippen LogP contribution < -0.4 is 16.3 Å². The molecular weight excluding hydrogens is 462 g/mol. The Hall–Kier alpha value is -2.00. The third-order valence-electron chi connectivity index (χ3n) is 3.15. The van der Waals surface area contributed by atoms with E-state index in [4.69, 9.17) is 23.3 Å². The number of thioether (sulfide) groups is 1. The van der Waals surface area contributed by atoms with Crippen molar-refractivity contribution in [2.75, 3.05) is 6.26 Å². The molecular formula is C17H22BF4N2O5PS. The van der Waals surface area contributed by atoms with Crippen LogP contribution in [0.15, 0.2) is 32.1 Å². The van der Waals surface area contributed by atoms with Gasteiger partial charge in [-0.05, 0) is 46.1 Å². The Labute approximate surface area is 180 Å². The largest absolute Gasteiger partial charge is 0.673 e. The van der Waals surface area contributed by atoms with Crippen molar-refractivity contribution in [3.63, 3.8) is 0 Å². The van der Waals surface area contributed by atoms with E-state index in [-0.39, 0.29) is 34.4 Å². The Bertz CT molecular complexity index is 999. The summed E-state index contributed by atoms with van der Waals surface area (Å²) < 4.78 is 74.8. The predicted molar refractivity (Wildman–Crippen MR) is 108 cm³/mol. The molecule has 31 heavy (non-hydrogen) atoms. The highest BCUT2D eigenvalue weighted by molar-refractivity contribution is 7.99. The number of nitrogens with two attached hydrogens (primary N) is 1. The van der Waals surface area contributed by atoms with Crippen molar-refractivity contribution in [1.29, 1.82) is 5.26 Å². The molecule has 0 unspecified atom stereocenters. The van der Waals surface area contributed by atoms with Gasteiger partial charge in [0.15, 0.2) is 16.8 Å². The minimum Gasteiger partial charge on any atom is -0.461 e. The van der Waals surface area contributed by atoms with E-state index >= 15 is 0 Å². The monoisotopic (exact) mass is 484 g/mol. The van der Waals surface area contributed by atoms with Crippen LogP contribution in [-0.4, -0.2) is 25.7 Å². The lowest BCUT2D eigenvalue weighted by molar-refractivity contribution is -0.197. The highest BCUT2D eigenvalue weighted by Crippen LogP contribution is 2.51. The van der Waals surface area contributed by atoms with Gasteiger partial charge in [-0.2, -0.15) is 5.26 Å². The fraction of sp³-hybridized carbons (Fsp3) is 0.412. The van der Waals surface area contributed by atoms with Gasteiger partial charge in [0.05, 0.1) is 23.4 Å². The minimum atomic E-state index is -6.00. The Kier molecular flexibility index (Phi) is 9.63. The van der Waals surface area contributed by atoms with Gasteiger partial charge >= 0.3 is 20.4 Å². The molecule has 0 saturated heterocycles. The zero-order valence-corrected chi connectivity index (χ0v) is 19.1. The van der Waals surface area contributed by atoms with E-state index in [1.54, 1.807) is 46.1 Å². The molecule has 0 aromatic carbocycles. The maximum absolute atomic E-state index is 13.6. The molecule has 0 atom stereocenters. The summed E-state index contributed by atoms with van der Waals surface area (Å²) in [6.45, 7) is 6.96. The lowest BCUT2D eigenvalue weighted by Gasteiger charge is -2.23. The quantitative estimate of drug-likeness (QED) is 0.276. The second-order valence-corrected chi connectivity index (χ2v) is 9.12. The number of nitriles is 1. The maximum atomic E-state index is 13.6. The molecule has 0 bridgehead atoms. The molecule has 2 heterocycles. The van der Waals surface area contributed by atoms with Crippen molar-refractivity contribution in [3.8, 4) is 17.6 Å². The number of rotatable bonds is 7. The fourth-order valence-corrected chi connectivity index (χ4v) is 5.66. The summed E-state index contributed by atoms with van der Waals surface area (Å²) in [7, 11) is -9.83. The van der Waals surface area contributed by atoms with E-state index in [0.29, 0.717) is 10.7 Å². The smallest absolute Gasteiger partial charge is 0.461 e. The summed E-state index contributed by atoms with van der Waals surface area (Å²) in [6.07, 6.45) is 2.44. The highest BCUT2D eigenvalue weighted by Gasteiger charge is 2.40. The van der Waals surface area contributed by atoms with Gasteiger partial charge in [-0.25, -0.2) is 5.41 Å². The molecule has 0 aliphatic rings. The Morgan fingerprint density at radius 1 is 1.19 bits per heavy atom. The lowest BCUT2D eigenvalue weighted by atomic mass is 10.2. The second-order valence-electron chi connectivity index (χ2n) is 6.44. The lowest BCUT2D eigenvalue weighted by Crippen LogP contribution is -2.54. The van der Waals surface area contributed by atoms with Crippen molar-refractivity contribution < 1.29 is 45.1 Å². The number of hydrogen-bond donors (Lipinski definition) is 1. The molecule has 172 valence electrons. The third kappa shape index (κ3) is 7.89.